The predicted molar refractivity (Wildman–Crippen MR) is 53.2 cm³/mol. The molecule has 2 saturated heterocycles. The first-order valence-corrected chi connectivity index (χ1v) is 5.35. The number of rotatable bonds is 2. The van der Waals surface area contributed by atoms with Gasteiger partial charge in [0.1, 0.15) is 6.17 Å². The van der Waals surface area contributed by atoms with E-state index in [1.165, 1.54) is 0 Å². The van der Waals surface area contributed by atoms with Gasteiger partial charge in [-0.05, 0) is 14.0 Å². The molecule has 0 aromatic rings. The van der Waals surface area contributed by atoms with E-state index in [0.717, 1.165) is 19.7 Å². The van der Waals surface area contributed by atoms with Crippen molar-refractivity contribution in [3.63, 3.8) is 0 Å². The molecule has 4 heteroatoms. The molecule has 2 aliphatic heterocycles. The van der Waals surface area contributed by atoms with E-state index in [0.29, 0.717) is 19.1 Å². The van der Waals surface area contributed by atoms with Crippen molar-refractivity contribution < 1.29 is 9.13 Å². The van der Waals surface area contributed by atoms with Crippen molar-refractivity contribution in [2.75, 3.05) is 39.8 Å². The lowest BCUT2D eigenvalue weighted by Crippen LogP contribution is -2.59. The van der Waals surface area contributed by atoms with Crippen molar-refractivity contribution in [1.29, 1.82) is 0 Å². The van der Waals surface area contributed by atoms with Gasteiger partial charge in [-0.3, -0.25) is 4.90 Å². The highest BCUT2D eigenvalue weighted by Gasteiger charge is 2.35. The molecule has 2 fully saturated rings. The van der Waals surface area contributed by atoms with Crippen molar-refractivity contribution in [2.24, 2.45) is 0 Å². The predicted octanol–water partition coefficient (Wildman–Crippen LogP) is 0.359. The van der Waals surface area contributed by atoms with Gasteiger partial charge in [-0.2, -0.15) is 0 Å². The second kappa shape index (κ2) is 4.13. The summed E-state index contributed by atoms with van der Waals surface area (Å²) in [6.45, 7) is 6.09. The van der Waals surface area contributed by atoms with E-state index in [-0.39, 0.29) is 6.10 Å². The highest BCUT2D eigenvalue weighted by Crippen LogP contribution is 2.20. The second-order valence-electron chi connectivity index (χ2n) is 4.46. The highest BCUT2D eigenvalue weighted by molar-refractivity contribution is 4.89. The maximum absolute atomic E-state index is 12.7. The van der Waals surface area contributed by atoms with E-state index in [9.17, 15) is 4.39 Å². The molecule has 0 aromatic carbocycles. The van der Waals surface area contributed by atoms with Gasteiger partial charge < -0.3 is 9.64 Å². The summed E-state index contributed by atoms with van der Waals surface area (Å²) in [5.74, 6) is 0. The van der Waals surface area contributed by atoms with Crippen LogP contribution in [-0.4, -0.2) is 68.0 Å². The molecular weight excluding hydrogens is 183 g/mol. The van der Waals surface area contributed by atoms with Crippen molar-refractivity contribution in [2.45, 2.75) is 25.2 Å². The minimum atomic E-state index is -0.612. The maximum atomic E-state index is 12.7. The van der Waals surface area contributed by atoms with E-state index < -0.39 is 6.17 Å². The monoisotopic (exact) mass is 202 g/mol. The Morgan fingerprint density at radius 2 is 2.07 bits per heavy atom. The number of hydrogen-bond acceptors (Lipinski definition) is 3. The van der Waals surface area contributed by atoms with Crippen LogP contribution in [0.5, 0.6) is 0 Å². The Labute approximate surface area is 84.8 Å². The highest BCUT2D eigenvalue weighted by atomic mass is 19.1. The Hall–Kier alpha value is -0.190. The van der Waals surface area contributed by atoms with Crippen molar-refractivity contribution in [3.8, 4) is 0 Å². The molecule has 0 radical (unpaired) electrons. The van der Waals surface area contributed by atoms with Gasteiger partial charge in [0.25, 0.3) is 0 Å². The van der Waals surface area contributed by atoms with Crippen LogP contribution < -0.4 is 0 Å². The number of hydrogen-bond donors (Lipinski definition) is 0. The fourth-order valence-electron chi connectivity index (χ4n) is 2.13. The molecule has 0 unspecified atom stereocenters. The average molecular weight is 202 g/mol. The van der Waals surface area contributed by atoms with Crippen molar-refractivity contribution in [1.82, 2.24) is 9.80 Å². The van der Waals surface area contributed by atoms with Gasteiger partial charge in [-0.1, -0.05) is 0 Å². The molecule has 2 heterocycles. The third-order valence-corrected chi connectivity index (χ3v) is 3.28. The number of ether oxygens (including phenoxy) is 1. The zero-order chi connectivity index (χ0) is 10.1. The summed E-state index contributed by atoms with van der Waals surface area (Å²) < 4.78 is 18.4. The van der Waals surface area contributed by atoms with Gasteiger partial charge in [0.2, 0.25) is 0 Å². The molecule has 0 bridgehead atoms. The second-order valence-corrected chi connectivity index (χ2v) is 4.46. The van der Waals surface area contributed by atoms with Gasteiger partial charge in [0.15, 0.2) is 0 Å². The summed E-state index contributed by atoms with van der Waals surface area (Å²) in [6, 6.07) is 0.352. The SMILES string of the molecule is C[C@@H]([C@@H]1CN(C)CCO1)N1CC(F)C1. The summed E-state index contributed by atoms with van der Waals surface area (Å²) in [5, 5.41) is 0. The molecule has 0 spiro atoms. The van der Waals surface area contributed by atoms with Crippen LogP contribution in [-0.2, 0) is 4.74 Å². The molecule has 0 aliphatic carbocycles. The van der Waals surface area contributed by atoms with E-state index in [4.69, 9.17) is 4.74 Å². The van der Waals surface area contributed by atoms with Crippen LogP contribution in [0.25, 0.3) is 0 Å². The summed E-state index contributed by atoms with van der Waals surface area (Å²) in [4.78, 5) is 4.44. The van der Waals surface area contributed by atoms with Crippen LogP contribution in [0.2, 0.25) is 0 Å². The smallest absolute Gasteiger partial charge is 0.125 e. The molecule has 0 aromatic heterocycles. The lowest BCUT2D eigenvalue weighted by atomic mass is 10.0. The van der Waals surface area contributed by atoms with Crippen LogP contribution in [0.1, 0.15) is 6.92 Å². The molecule has 2 aliphatic rings. The van der Waals surface area contributed by atoms with Gasteiger partial charge in [-0.25, -0.2) is 4.39 Å². The molecule has 0 saturated carbocycles. The molecule has 14 heavy (non-hydrogen) atoms. The van der Waals surface area contributed by atoms with E-state index in [2.05, 4.69) is 23.8 Å². The Kier molecular flexibility index (Phi) is 3.04. The van der Waals surface area contributed by atoms with Crippen molar-refractivity contribution >= 4 is 0 Å². The van der Waals surface area contributed by atoms with Gasteiger partial charge in [0.05, 0.1) is 12.7 Å². The van der Waals surface area contributed by atoms with Gasteiger partial charge >= 0.3 is 0 Å². The standard InChI is InChI=1S/C10H19FN2O/c1-8(13-5-9(11)6-13)10-7-12(2)3-4-14-10/h8-10H,3-7H2,1-2H3/t8-,10-/m0/s1. The molecule has 2 atom stereocenters. The fourth-order valence-corrected chi connectivity index (χ4v) is 2.13. The number of likely N-dealkylation sites (N-methyl/N-ethyl adjacent to an activating group) is 1. The Morgan fingerprint density at radius 1 is 1.36 bits per heavy atom. The maximum Gasteiger partial charge on any atom is 0.125 e. The zero-order valence-electron chi connectivity index (χ0n) is 8.95. The van der Waals surface area contributed by atoms with E-state index >= 15 is 0 Å². The summed E-state index contributed by atoms with van der Waals surface area (Å²) in [6.07, 6.45) is -0.361. The topological polar surface area (TPSA) is 15.7 Å². The average Bonchev–Trinajstić information content (AvgIpc) is 2.12. The number of halogens is 1. The number of likely N-dealkylation sites (tertiary alicyclic amines) is 1. The van der Waals surface area contributed by atoms with Crippen LogP contribution in [0.15, 0.2) is 0 Å². The first-order valence-electron chi connectivity index (χ1n) is 5.35. The third kappa shape index (κ3) is 2.07. The molecule has 2 rings (SSSR count). The minimum absolute atomic E-state index is 0.251. The summed E-state index contributed by atoms with van der Waals surface area (Å²) in [5.41, 5.74) is 0. The quantitative estimate of drug-likeness (QED) is 0.643. The van der Waals surface area contributed by atoms with E-state index in [1.54, 1.807) is 0 Å². The fraction of sp³-hybridized carbons (Fsp3) is 1.00. The largest absolute Gasteiger partial charge is 0.374 e. The number of alkyl halides is 1. The Balaban J connectivity index is 1.81. The normalized spacial score (nSPS) is 34.1. The van der Waals surface area contributed by atoms with Crippen LogP contribution >= 0.6 is 0 Å². The summed E-state index contributed by atoms with van der Waals surface area (Å²) in [7, 11) is 2.11. The number of nitrogens with zero attached hydrogens (tertiary/aromatic N) is 2. The molecule has 0 amide bonds. The molecule has 82 valence electrons. The lowest BCUT2D eigenvalue weighted by Gasteiger charge is -2.44. The molecular formula is C10H19FN2O. The van der Waals surface area contributed by atoms with Crippen molar-refractivity contribution in [3.05, 3.63) is 0 Å². The van der Waals surface area contributed by atoms with Gasteiger partial charge in [0, 0.05) is 32.2 Å². The van der Waals surface area contributed by atoms with Crippen LogP contribution in [0.4, 0.5) is 4.39 Å². The zero-order valence-corrected chi connectivity index (χ0v) is 8.95. The Morgan fingerprint density at radius 3 is 2.64 bits per heavy atom. The third-order valence-electron chi connectivity index (χ3n) is 3.28. The Bertz CT molecular complexity index is 197. The van der Waals surface area contributed by atoms with Crippen LogP contribution in [0.3, 0.4) is 0 Å². The first-order chi connectivity index (χ1) is 6.66. The number of morpholine rings is 1. The van der Waals surface area contributed by atoms with Crippen LogP contribution in [0, 0.1) is 0 Å². The molecule has 0 N–H and O–H groups in total. The minimum Gasteiger partial charge on any atom is -0.374 e. The lowest BCUT2D eigenvalue weighted by molar-refractivity contribution is -0.0866. The van der Waals surface area contributed by atoms with Gasteiger partial charge in [-0.15, -0.1) is 0 Å². The summed E-state index contributed by atoms with van der Waals surface area (Å²) >= 11 is 0. The molecule has 3 nitrogen and oxygen atoms in total. The van der Waals surface area contributed by atoms with E-state index in [1.807, 2.05) is 0 Å². The first kappa shape index (κ1) is 10.3.